The third-order valence-corrected chi connectivity index (χ3v) is 5.99. The molecule has 2 bridgehead atoms. The molecular formula is C19H21NO3. The second-order valence-electron chi connectivity index (χ2n) is 7.09. The average Bonchev–Trinajstić information content (AvgIpc) is 3.21. The van der Waals surface area contributed by atoms with E-state index in [9.17, 15) is 14.7 Å². The van der Waals surface area contributed by atoms with E-state index in [2.05, 4.69) is 11.4 Å². The summed E-state index contributed by atoms with van der Waals surface area (Å²) >= 11 is 0. The van der Waals surface area contributed by atoms with Crippen molar-refractivity contribution in [2.24, 2.45) is 29.1 Å². The molecule has 1 aromatic rings. The Hall–Kier alpha value is -2.10. The van der Waals surface area contributed by atoms with Gasteiger partial charge in [0.15, 0.2) is 0 Å². The van der Waals surface area contributed by atoms with E-state index in [1.165, 1.54) is 5.56 Å². The molecule has 4 nitrogen and oxygen atoms in total. The maximum absolute atomic E-state index is 12.6. The molecule has 23 heavy (non-hydrogen) atoms. The molecule has 4 rings (SSSR count). The molecule has 2 saturated carbocycles. The fourth-order valence-corrected chi connectivity index (χ4v) is 4.78. The number of hydrogen-bond acceptors (Lipinski definition) is 2. The number of carboxylic acid groups (broad SMARTS) is 1. The van der Waals surface area contributed by atoms with Crippen LogP contribution in [-0.4, -0.2) is 23.5 Å². The largest absolute Gasteiger partial charge is 0.481 e. The lowest BCUT2D eigenvalue weighted by molar-refractivity contribution is -0.147. The molecule has 3 aliphatic carbocycles. The molecule has 0 aliphatic heterocycles. The molecule has 4 atom stereocenters. The summed E-state index contributed by atoms with van der Waals surface area (Å²) in [5.74, 6) is -1.70. The van der Waals surface area contributed by atoms with Crippen molar-refractivity contribution in [3.05, 3.63) is 48.0 Å². The average molecular weight is 311 g/mol. The molecule has 1 spiro atoms. The van der Waals surface area contributed by atoms with Gasteiger partial charge >= 0.3 is 5.97 Å². The molecule has 1 aromatic carbocycles. The standard InChI is InChI=1S/C19H21NO3/c21-17(20-11-8-12-4-2-1-3-5-12)15-13-6-7-14(16(15)18(22)23)19(13)9-10-19/h1-7,13-16H,8-11H2,(H,20,21)(H,22,23)/t13-,14-,15-,16-/m1/s1. The van der Waals surface area contributed by atoms with Crippen LogP contribution in [0, 0.1) is 29.1 Å². The Morgan fingerprint density at radius 1 is 1.09 bits per heavy atom. The number of hydrogen-bond donors (Lipinski definition) is 2. The van der Waals surface area contributed by atoms with Gasteiger partial charge in [-0.05, 0) is 42.1 Å². The van der Waals surface area contributed by atoms with Crippen molar-refractivity contribution in [1.29, 1.82) is 0 Å². The summed E-state index contributed by atoms with van der Waals surface area (Å²) in [6, 6.07) is 10.00. The van der Waals surface area contributed by atoms with E-state index >= 15 is 0 Å². The first-order valence-corrected chi connectivity index (χ1v) is 8.36. The van der Waals surface area contributed by atoms with Gasteiger partial charge in [-0.15, -0.1) is 0 Å². The zero-order valence-electron chi connectivity index (χ0n) is 12.9. The molecule has 1 amide bonds. The first kappa shape index (κ1) is 14.5. The predicted octanol–water partition coefficient (Wildman–Crippen LogP) is 2.26. The third kappa shape index (κ3) is 2.19. The van der Waals surface area contributed by atoms with Gasteiger partial charge in [-0.25, -0.2) is 0 Å². The Bertz CT molecular complexity index is 662. The van der Waals surface area contributed by atoms with Crippen LogP contribution in [0.4, 0.5) is 0 Å². The van der Waals surface area contributed by atoms with E-state index in [-0.39, 0.29) is 23.2 Å². The van der Waals surface area contributed by atoms with E-state index in [0.717, 1.165) is 19.3 Å². The summed E-state index contributed by atoms with van der Waals surface area (Å²) in [5, 5.41) is 12.6. The van der Waals surface area contributed by atoms with E-state index in [1.807, 2.05) is 36.4 Å². The number of rotatable bonds is 5. The summed E-state index contributed by atoms with van der Waals surface area (Å²) in [7, 11) is 0. The summed E-state index contributed by atoms with van der Waals surface area (Å²) < 4.78 is 0. The van der Waals surface area contributed by atoms with Gasteiger partial charge in [0.25, 0.3) is 0 Å². The number of allylic oxidation sites excluding steroid dienone is 2. The van der Waals surface area contributed by atoms with Gasteiger partial charge in [-0.3, -0.25) is 9.59 Å². The first-order chi connectivity index (χ1) is 11.1. The summed E-state index contributed by atoms with van der Waals surface area (Å²) in [4.78, 5) is 24.4. The summed E-state index contributed by atoms with van der Waals surface area (Å²) in [6.07, 6.45) is 7.04. The molecule has 120 valence electrons. The van der Waals surface area contributed by atoms with Crippen LogP contribution >= 0.6 is 0 Å². The molecule has 3 aliphatic rings. The van der Waals surface area contributed by atoms with Crippen LogP contribution in [0.5, 0.6) is 0 Å². The molecule has 2 N–H and O–H groups in total. The fourth-order valence-electron chi connectivity index (χ4n) is 4.78. The number of carbonyl (C=O) groups excluding carboxylic acids is 1. The molecular weight excluding hydrogens is 290 g/mol. The zero-order chi connectivity index (χ0) is 16.0. The number of aliphatic carboxylic acids is 1. The maximum atomic E-state index is 12.6. The van der Waals surface area contributed by atoms with Crippen LogP contribution in [0.15, 0.2) is 42.5 Å². The number of amides is 1. The topological polar surface area (TPSA) is 66.4 Å². The highest BCUT2D eigenvalue weighted by Crippen LogP contribution is 2.71. The van der Waals surface area contributed by atoms with Gasteiger partial charge in [0.1, 0.15) is 0 Å². The lowest BCUT2D eigenvalue weighted by Crippen LogP contribution is -2.40. The highest BCUT2D eigenvalue weighted by atomic mass is 16.4. The molecule has 4 heteroatoms. The number of nitrogens with one attached hydrogen (secondary N) is 1. The zero-order valence-corrected chi connectivity index (χ0v) is 12.9. The van der Waals surface area contributed by atoms with Crippen LogP contribution in [0.2, 0.25) is 0 Å². The molecule has 0 unspecified atom stereocenters. The number of benzene rings is 1. The van der Waals surface area contributed by atoms with Crippen LogP contribution in [-0.2, 0) is 16.0 Å². The predicted molar refractivity (Wildman–Crippen MR) is 85.6 cm³/mol. The van der Waals surface area contributed by atoms with E-state index in [1.54, 1.807) is 0 Å². The van der Waals surface area contributed by atoms with Crippen molar-refractivity contribution in [2.75, 3.05) is 6.54 Å². The van der Waals surface area contributed by atoms with Gasteiger partial charge in [0.05, 0.1) is 11.8 Å². The molecule has 0 radical (unpaired) electrons. The minimum absolute atomic E-state index is 0.0508. The van der Waals surface area contributed by atoms with Gasteiger partial charge in [-0.2, -0.15) is 0 Å². The Balaban J connectivity index is 1.43. The first-order valence-electron chi connectivity index (χ1n) is 8.36. The normalized spacial score (nSPS) is 32.2. The van der Waals surface area contributed by atoms with E-state index in [0.29, 0.717) is 6.54 Å². The Labute approximate surface area is 135 Å². The van der Waals surface area contributed by atoms with Gasteiger partial charge < -0.3 is 10.4 Å². The maximum Gasteiger partial charge on any atom is 0.307 e. The smallest absolute Gasteiger partial charge is 0.307 e. The van der Waals surface area contributed by atoms with Crippen molar-refractivity contribution in [3.63, 3.8) is 0 Å². The lowest BCUT2D eigenvalue weighted by Gasteiger charge is -2.23. The Morgan fingerprint density at radius 2 is 1.74 bits per heavy atom. The monoisotopic (exact) mass is 311 g/mol. The van der Waals surface area contributed by atoms with Gasteiger partial charge in [-0.1, -0.05) is 42.5 Å². The molecule has 2 fully saturated rings. The molecule has 0 aromatic heterocycles. The van der Waals surface area contributed by atoms with Crippen molar-refractivity contribution < 1.29 is 14.7 Å². The van der Waals surface area contributed by atoms with Crippen LogP contribution < -0.4 is 5.32 Å². The number of carbonyl (C=O) groups is 2. The lowest BCUT2D eigenvalue weighted by atomic mass is 9.82. The van der Waals surface area contributed by atoms with Gasteiger partial charge in [0.2, 0.25) is 5.91 Å². The Morgan fingerprint density at radius 3 is 2.35 bits per heavy atom. The third-order valence-electron chi connectivity index (χ3n) is 5.99. The van der Waals surface area contributed by atoms with Crippen LogP contribution in [0.25, 0.3) is 0 Å². The highest BCUT2D eigenvalue weighted by Gasteiger charge is 2.69. The number of carboxylic acids is 1. The van der Waals surface area contributed by atoms with Crippen LogP contribution in [0.3, 0.4) is 0 Å². The second-order valence-corrected chi connectivity index (χ2v) is 7.09. The van der Waals surface area contributed by atoms with Crippen molar-refractivity contribution >= 4 is 11.9 Å². The minimum Gasteiger partial charge on any atom is -0.481 e. The second kappa shape index (κ2) is 5.22. The quantitative estimate of drug-likeness (QED) is 0.820. The van der Waals surface area contributed by atoms with E-state index < -0.39 is 17.8 Å². The van der Waals surface area contributed by atoms with Crippen molar-refractivity contribution in [1.82, 2.24) is 5.32 Å². The SMILES string of the molecule is O=C(O)[C@H]1[C@H](C(=O)NCCc2ccccc2)[C@H]2C=C[C@H]1C21CC1. The molecule has 0 saturated heterocycles. The fraction of sp³-hybridized carbons (Fsp3) is 0.474. The summed E-state index contributed by atoms with van der Waals surface area (Å²) in [6.45, 7) is 0.555. The van der Waals surface area contributed by atoms with E-state index in [4.69, 9.17) is 0 Å². The van der Waals surface area contributed by atoms with Crippen LogP contribution in [0.1, 0.15) is 18.4 Å². The Kier molecular flexibility index (Phi) is 3.29. The minimum atomic E-state index is -0.823. The molecule has 0 heterocycles. The summed E-state index contributed by atoms with van der Waals surface area (Å²) in [5.41, 5.74) is 1.26. The van der Waals surface area contributed by atoms with Crippen molar-refractivity contribution in [3.8, 4) is 0 Å². The van der Waals surface area contributed by atoms with Gasteiger partial charge in [0, 0.05) is 6.54 Å². The van der Waals surface area contributed by atoms with Crippen molar-refractivity contribution in [2.45, 2.75) is 19.3 Å². The highest BCUT2D eigenvalue weighted by molar-refractivity contribution is 5.87.